The lowest BCUT2D eigenvalue weighted by atomic mass is 10.3. The molecular formula is C15H16F4N4O2. The number of nitrogens with one attached hydrogen (secondary N) is 2. The number of ether oxygens (including phenoxy) is 1. The summed E-state index contributed by atoms with van der Waals surface area (Å²) < 4.78 is 57.5. The van der Waals surface area contributed by atoms with Gasteiger partial charge in [0.25, 0.3) is 0 Å². The van der Waals surface area contributed by atoms with Gasteiger partial charge in [-0.15, -0.1) is 0 Å². The lowest BCUT2D eigenvalue weighted by Crippen LogP contribution is -2.22. The van der Waals surface area contributed by atoms with Gasteiger partial charge < -0.3 is 20.5 Å². The van der Waals surface area contributed by atoms with Crippen molar-refractivity contribution in [2.45, 2.75) is 19.1 Å². The number of aliphatic hydroxyl groups excluding tert-OH is 1. The second-order valence-electron chi connectivity index (χ2n) is 5.16. The lowest BCUT2D eigenvalue weighted by molar-refractivity contribution is -0.141. The maximum Gasteiger partial charge on any atom is 0.433 e. The van der Waals surface area contributed by atoms with E-state index in [-0.39, 0.29) is 29.8 Å². The van der Waals surface area contributed by atoms with Gasteiger partial charge in [0.15, 0.2) is 17.3 Å². The summed E-state index contributed by atoms with van der Waals surface area (Å²) in [5.74, 6) is -1.17. The number of hydrogen-bond acceptors (Lipinski definition) is 6. The van der Waals surface area contributed by atoms with E-state index in [1.54, 1.807) is 6.92 Å². The van der Waals surface area contributed by atoms with E-state index in [4.69, 9.17) is 9.84 Å². The number of alkyl halides is 3. The molecule has 25 heavy (non-hydrogen) atoms. The van der Waals surface area contributed by atoms with Gasteiger partial charge in [-0.2, -0.15) is 18.2 Å². The van der Waals surface area contributed by atoms with Gasteiger partial charge >= 0.3 is 6.18 Å². The van der Waals surface area contributed by atoms with Crippen LogP contribution >= 0.6 is 0 Å². The van der Waals surface area contributed by atoms with Crippen LogP contribution in [-0.4, -0.2) is 34.8 Å². The number of aromatic nitrogens is 2. The summed E-state index contributed by atoms with van der Waals surface area (Å²) in [5, 5.41) is 14.1. The van der Waals surface area contributed by atoms with Gasteiger partial charge in [0.05, 0.1) is 13.7 Å². The molecule has 0 spiro atoms. The van der Waals surface area contributed by atoms with Crippen LogP contribution in [0.4, 0.5) is 35.0 Å². The van der Waals surface area contributed by atoms with Crippen LogP contribution in [0.25, 0.3) is 0 Å². The van der Waals surface area contributed by atoms with Crippen molar-refractivity contribution in [3.63, 3.8) is 0 Å². The zero-order chi connectivity index (χ0) is 18.6. The molecule has 1 aromatic carbocycles. The van der Waals surface area contributed by atoms with Crippen LogP contribution in [0, 0.1) is 5.82 Å². The number of rotatable bonds is 6. The highest BCUT2D eigenvalue weighted by Gasteiger charge is 2.34. The molecule has 0 amide bonds. The summed E-state index contributed by atoms with van der Waals surface area (Å²) >= 11 is 0. The molecule has 1 atom stereocenters. The first-order chi connectivity index (χ1) is 11.7. The Kier molecular flexibility index (Phi) is 5.62. The van der Waals surface area contributed by atoms with Crippen molar-refractivity contribution in [2.75, 3.05) is 24.4 Å². The molecule has 0 aliphatic rings. The SMILES string of the molecule is COc1ccc(Nc2cc(C(F)(F)F)nc(N[C@H](C)CO)n2)cc1F. The summed E-state index contributed by atoms with van der Waals surface area (Å²) in [6, 6.07) is 3.99. The van der Waals surface area contributed by atoms with E-state index < -0.39 is 23.7 Å². The molecule has 0 aliphatic carbocycles. The summed E-state index contributed by atoms with van der Waals surface area (Å²) in [6.07, 6.45) is -4.69. The minimum absolute atomic E-state index is 0.00310. The molecule has 2 aromatic rings. The molecule has 0 fully saturated rings. The van der Waals surface area contributed by atoms with E-state index >= 15 is 0 Å². The fraction of sp³-hybridized carbons (Fsp3) is 0.333. The average Bonchev–Trinajstić information content (AvgIpc) is 2.54. The number of anilines is 3. The minimum Gasteiger partial charge on any atom is -0.494 e. The van der Waals surface area contributed by atoms with Crippen molar-refractivity contribution >= 4 is 17.5 Å². The van der Waals surface area contributed by atoms with Crippen LogP contribution in [0.5, 0.6) is 5.75 Å². The van der Waals surface area contributed by atoms with Crippen LogP contribution < -0.4 is 15.4 Å². The van der Waals surface area contributed by atoms with Crippen molar-refractivity contribution in [3.05, 3.63) is 35.8 Å². The Morgan fingerprint density at radius 1 is 1.24 bits per heavy atom. The number of aliphatic hydroxyl groups is 1. The summed E-state index contributed by atoms with van der Waals surface area (Å²) in [6.45, 7) is 1.24. The van der Waals surface area contributed by atoms with E-state index in [9.17, 15) is 17.6 Å². The number of hydrogen-bond donors (Lipinski definition) is 3. The molecule has 6 nitrogen and oxygen atoms in total. The molecule has 136 valence electrons. The zero-order valence-corrected chi connectivity index (χ0v) is 13.4. The molecule has 0 radical (unpaired) electrons. The highest BCUT2D eigenvalue weighted by Crippen LogP contribution is 2.31. The Morgan fingerprint density at radius 2 is 1.96 bits per heavy atom. The van der Waals surface area contributed by atoms with E-state index in [1.165, 1.54) is 19.2 Å². The molecule has 1 heterocycles. The van der Waals surface area contributed by atoms with Crippen molar-refractivity contribution in [1.29, 1.82) is 0 Å². The van der Waals surface area contributed by atoms with Crippen LogP contribution in [0.3, 0.4) is 0 Å². The number of benzene rings is 1. The number of nitrogens with zero attached hydrogens (tertiary/aromatic N) is 2. The highest BCUT2D eigenvalue weighted by molar-refractivity contribution is 5.59. The molecular weight excluding hydrogens is 344 g/mol. The molecule has 0 unspecified atom stereocenters. The van der Waals surface area contributed by atoms with Crippen molar-refractivity contribution in [3.8, 4) is 5.75 Å². The third-order valence-corrected chi connectivity index (χ3v) is 3.09. The lowest BCUT2D eigenvalue weighted by Gasteiger charge is -2.15. The first-order valence-electron chi connectivity index (χ1n) is 7.17. The Morgan fingerprint density at radius 3 is 2.52 bits per heavy atom. The molecule has 1 aromatic heterocycles. The van der Waals surface area contributed by atoms with Crippen LogP contribution in [-0.2, 0) is 6.18 Å². The average molecular weight is 360 g/mol. The van der Waals surface area contributed by atoms with Gasteiger partial charge in [-0.05, 0) is 19.1 Å². The van der Waals surface area contributed by atoms with Crippen LogP contribution in [0.2, 0.25) is 0 Å². The van der Waals surface area contributed by atoms with Gasteiger partial charge in [-0.25, -0.2) is 9.37 Å². The Labute approximate surface area is 140 Å². The standard InChI is InChI=1S/C15H16F4N4O2/c1-8(7-24)20-14-22-12(15(17,18)19)6-13(23-14)21-9-3-4-11(25-2)10(16)5-9/h3-6,8,24H,7H2,1-2H3,(H2,20,21,22,23)/t8-/m1/s1. The largest absolute Gasteiger partial charge is 0.494 e. The smallest absolute Gasteiger partial charge is 0.433 e. The van der Waals surface area contributed by atoms with E-state index in [0.29, 0.717) is 6.07 Å². The van der Waals surface area contributed by atoms with Gasteiger partial charge in [0.1, 0.15) is 5.82 Å². The Hall–Kier alpha value is -2.62. The first-order valence-corrected chi connectivity index (χ1v) is 7.17. The fourth-order valence-electron chi connectivity index (χ4n) is 1.88. The molecule has 0 saturated heterocycles. The van der Waals surface area contributed by atoms with E-state index in [0.717, 1.165) is 6.07 Å². The third-order valence-electron chi connectivity index (χ3n) is 3.09. The molecule has 2 rings (SSSR count). The second-order valence-corrected chi connectivity index (χ2v) is 5.16. The summed E-state index contributed by atoms with van der Waals surface area (Å²) in [7, 11) is 1.30. The van der Waals surface area contributed by atoms with E-state index in [2.05, 4.69) is 20.6 Å². The normalized spacial score (nSPS) is 12.6. The molecule has 0 bridgehead atoms. The predicted octanol–water partition coefficient (Wildman–Crippen LogP) is 3.18. The topological polar surface area (TPSA) is 79.3 Å². The van der Waals surface area contributed by atoms with E-state index in [1.807, 2.05) is 0 Å². The van der Waals surface area contributed by atoms with Crippen molar-refractivity contribution in [2.24, 2.45) is 0 Å². The number of methoxy groups -OCH3 is 1. The van der Waals surface area contributed by atoms with Crippen molar-refractivity contribution < 1.29 is 27.4 Å². The Bertz CT molecular complexity index is 740. The monoisotopic (exact) mass is 360 g/mol. The molecule has 0 aliphatic heterocycles. The van der Waals surface area contributed by atoms with Gasteiger partial charge in [-0.3, -0.25) is 0 Å². The third kappa shape index (κ3) is 4.92. The van der Waals surface area contributed by atoms with Crippen molar-refractivity contribution in [1.82, 2.24) is 9.97 Å². The molecule has 10 heteroatoms. The maximum atomic E-state index is 13.7. The molecule has 0 saturated carbocycles. The highest BCUT2D eigenvalue weighted by atomic mass is 19.4. The zero-order valence-electron chi connectivity index (χ0n) is 13.4. The number of halogens is 4. The fourth-order valence-corrected chi connectivity index (χ4v) is 1.88. The first kappa shape index (κ1) is 18.7. The minimum atomic E-state index is -4.69. The molecule has 3 N–H and O–H groups in total. The van der Waals surface area contributed by atoms with Crippen LogP contribution in [0.1, 0.15) is 12.6 Å². The second kappa shape index (κ2) is 7.51. The quantitative estimate of drug-likeness (QED) is 0.687. The summed E-state index contributed by atoms with van der Waals surface area (Å²) in [4.78, 5) is 7.29. The van der Waals surface area contributed by atoms with Gasteiger partial charge in [0, 0.05) is 23.9 Å². The van der Waals surface area contributed by atoms with Gasteiger partial charge in [0.2, 0.25) is 5.95 Å². The summed E-state index contributed by atoms with van der Waals surface area (Å²) in [5.41, 5.74) is -0.988. The van der Waals surface area contributed by atoms with Crippen LogP contribution in [0.15, 0.2) is 24.3 Å². The van der Waals surface area contributed by atoms with Gasteiger partial charge in [-0.1, -0.05) is 0 Å². The predicted molar refractivity (Wildman–Crippen MR) is 83.4 cm³/mol. The Balaban J connectivity index is 2.35. The maximum absolute atomic E-state index is 13.7.